The first-order valence-electron chi connectivity index (χ1n) is 10.6. The van der Waals surface area contributed by atoms with Crippen molar-refractivity contribution < 1.29 is 4.79 Å². The second-order valence-electron chi connectivity index (χ2n) is 7.70. The molecular formula is C27H23N3OS. The molecule has 0 bridgehead atoms. The summed E-state index contributed by atoms with van der Waals surface area (Å²) in [6.45, 7) is 1.08. The predicted octanol–water partition coefficient (Wildman–Crippen LogP) is 5.57. The number of rotatable bonds is 3. The van der Waals surface area contributed by atoms with Crippen LogP contribution in [0.25, 0.3) is 10.8 Å². The van der Waals surface area contributed by atoms with Crippen LogP contribution in [0.4, 0.5) is 5.69 Å². The van der Waals surface area contributed by atoms with Gasteiger partial charge in [-0.25, -0.2) is 0 Å². The lowest BCUT2D eigenvalue weighted by atomic mass is 10.1. The lowest BCUT2D eigenvalue weighted by Crippen LogP contribution is -2.34. The molecule has 5 heteroatoms. The number of carbonyl (C=O) groups is 1. The van der Waals surface area contributed by atoms with Gasteiger partial charge in [0.15, 0.2) is 0 Å². The van der Waals surface area contributed by atoms with E-state index in [9.17, 15) is 4.79 Å². The number of hydrazone groups is 1. The summed E-state index contributed by atoms with van der Waals surface area (Å²) in [5.41, 5.74) is 7.30. The van der Waals surface area contributed by atoms with E-state index in [1.807, 2.05) is 65.6 Å². The molecule has 1 amide bonds. The second kappa shape index (κ2) is 9.28. The number of nitrogens with one attached hydrogen (secondary N) is 1. The standard InChI is InChI=1S/C27H23N3OS/c31-26-19-32-27(22-9-2-1-3-10-22)29-28-17-24-12-6-7-13-25(24)30(26)18-20-14-15-21-8-4-5-11-23(21)16-20/h1-16,28H,17-19H2. The van der Waals surface area contributed by atoms with Crippen molar-refractivity contribution >= 4 is 39.2 Å². The quantitative estimate of drug-likeness (QED) is 0.456. The van der Waals surface area contributed by atoms with E-state index in [1.54, 1.807) is 0 Å². The molecule has 0 unspecified atom stereocenters. The maximum atomic E-state index is 13.5. The Balaban J connectivity index is 1.49. The topological polar surface area (TPSA) is 44.7 Å². The highest BCUT2D eigenvalue weighted by atomic mass is 32.2. The molecule has 1 aliphatic rings. The number of fused-ring (bicyclic) bond motifs is 2. The van der Waals surface area contributed by atoms with Gasteiger partial charge in [0.25, 0.3) is 0 Å². The Labute approximate surface area is 192 Å². The zero-order chi connectivity index (χ0) is 21.8. The Morgan fingerprint density at radius 2 is 1.59 bits per heavy atom. The fourth-order valence-corrected chi connectivity index (χ4v) is 4.76. The van der Waals surface area contributed by atoms with E-state index in [2.05, 4.69) is 46.9 Å². The Bertz CT molecular complexity index is 1290. The number of nitrogens with zero attached hydrogens (tertiary/aromatic N) is 2. The molecular weight excluding hydrogens is 414 g/mol. The van der Waals surface area contributed by atoms with Crippen molar-refractivity contribution in [1.29, 1.82) is 0 Å². The normalized spacial score (nSPS) is 14.4. The fraction of sp³-hybridized carbons (Fsp3) is 0.111. The molecule has 4 aromatic rings. The van der Waals surface area contributed by atoms with Gasteiger partial charge in [0.05, 0.1) is 18.8 Å². The highest BCUT2D eigenvalue weighted by Gasteiger charge is 2.21. The van der Waals surface area contributed by atoms with Gasteiger partial charge in [-0.3, -0.25) is 4.79 Å². The van der Waals surface area contributed by atoms with E-state index >= 15 is 0 Å². The van der Waals surface area contributed by atoms with E-state index in [0.717, 1.165) is 27.4 Å². The lowest BCUT2D eigenvalue weighted by molar-refractivity contribution is -0.116. The SMILES string of the molecule is O=C1CSC(c2ccccc2)=NNCc2ccccc2N1Cc1ccc2ccccc2c1. The molecule has 0 aliphatic carbocycles. The van der Waals surface area contributed by atoms with Gasteiger partial charge in [-0.05, 0) is 34.0 Å². The van der Waals surface area contributed by atoms with Crippen LogP contribution in [-0.4, -0.2) is 16.7 Å². The van der Waals surface area contributed by atoms with Gasteiger partial charge in [-0.1, -0.05) is 96.7 Å². The van der Waals surface area contributed by atoms with Crippen molar-refractivity contribution in [1.82, 2.24) is 5.43 Å². The van der Waals surface area contributed by atoms with Gasteiger partial charge in [0, 0.05) is 11.3 Å². The smallest absolute Gasteiger partial charge is 0.237 e. The van der Waals surface area contributed by atoms with Crippen LogP contribution in [-0.2, 0) is 17.9 Å². The first kappa shape index (κ1) is 20.3. The van der Waals surface area contributed by atoms with E-state index < -0.39 is 0 Å². The van der Waals surface area contributed by atoms with E-state index in [-0.39, 0.29) is 5.91 Å². The molecule has 1 N–H and O–H groups in total. The average Bonchev–Trinajstić information content (AvgIpc) is 2.85. The second-order valence-corrected chi connectivity index (χ2v) is 8.66. The zero-order valence-electron chi connectivity index (χ0n) is 17.6. The number of para-hydroxylation sites is 1. The number of benzene rings is 4. The molecule has 1 heterocycles. The molecule has 1 aliphatic heterocycles. The first-order valence-corrected chi connectivity index (χ1v) is 11.6. The van der Waals surface area contributed by atoms with Crippen LogP contribution in [0.5, 0.6) is 0 Å². The number of thioether (sulfide) groups is 1. The molecule has 5 rings (SSSR count). The summed E-state index contributed by atoms with van der Waals surface area (Å²) in [5, 5.41) is 7.80. The molecule has 0 saturated heterocycles. The fourth-order valence-electron chi connectivity index (χ4n) is 3.92. The molecule has 0 atom stereocenters. The Kier molecular flexibility index (Phi) is 5.90. The molecule has 0 aromatic heterocycles. The lowest BCUT2D eigenvalue weighted by Gasteiger charge is -2.26. The number of hydrogen-bond acceptors (Lipinski definition) is 4. The number of anilines is 1. The number of carbonyl (C=O) groups excluding carboxylic acids is 1. The zero-order valence-corrected chi connectivity index (χ0v) is 18.4. The predicted molar refractivity (Wildman–Crippen MR) is 134 cm³/mol. The minimum Gasteiger partial charge on any atom is -0.307 e. The molecule has 4 nitrogen and oxygen atoms in total. The summed E-state index contributed by atoms with van der Waals surface area (Å²) in [6, 6.07) is 32.8. The van der Waals surface area contributed by atoms with Crippen LogP contribution in [0.1, 0.15) is 16.7 Å². The molecule has 0 saturated carbocycles. The van der Waals surface area contributed by atoms with Crippen LogP contribution in [0.15, 0.2) is 102 Å². The van der Waals surface area contributed by atoms with Crippen molar-refractivity contribution in [2.75, 3.05) is 10.7 Å². The van der Waals surface area contributed by atoms with Gasteiger partial charge in [0.2, 0.25) is 5.91 Å². The van der Waals surface area contributed by atoms with Gasteiger partial charge < -0.3 is 10.3 Å². The van der Waals surface area contributed by atoms with Crippen LogP contribution >= 0.6 is 11.8 Å². The largest absolute Gasteiger partial charge is 0.307 e. The summed E-state index contributed by atoms with van der Waals surface area (Å²) < 4.78 is 0. The maximum absolute atomic E-state index is 13.5. The van der Waals surface area contributed by atoms with E-state index in [0.29, 0.717) is 18.8 Å². The van der Waals surface area contributed by atoms with Crippen LogP contribution in [0.2, 0.25) is 0 Å². The summed E-state index contributed by atoms with van der Waals surface area (Å²) in [4.78, 5) is 15.4. The van der Waals surface area contributed by atoms with Crippen LogP contribution in [0.3, 0.4) is 0 Å². The summed E-state index contributed by atoms with van der Waals surface area (Å²) in [6.07, 6.45) is 0. The van der Waals surface area contributed by atoms with Crippen molar-refractivity contribution in [2.45, 2.75) is 13.1 Å². The van der Waals surface area contributed by atoms with Gasteiger partial charge >= 0.3 is 0 Å². The Morgan fingerprint density at radius 3 is 2.47 bits per heavy atom. The van der Waals surface area contributed by atoms with Gasteiger partial charge in [-0.15, -0.1) is 0 Å². The van der Waals surface area contributed by atoms with E-state index in [1.165, 1.54) is 22.5 Å². The Hall–Kier alpha value is -3.57. The minimum atomic E-state index is 0.0705. The molecule has 0 fully saturated rings. The third kappa shape index (κ3) is 4.39. The minimum absolute atomic E-state index is 0.0705. The molecule has 32 heavy (non-hydrogen) atoms. The summed E-state index contributed by atoms with van der Waals surface area (Å²) in [5.74, 6) is 0.387. The van der Waals surface area contributed by atoms with Crippen molar-refractivity contribution in [3.63, 3.8) is 0 Å². The molecule has 0 radical (unpaired) electrons. The number of amides is 1. The molecule has 0 spiro atoms. The van der Waals surface area contributed by atoms with Crippen molar-refractivity contribution in [3.8, 4) is 0 Å². The third-order valence-electron chi connectivity index (χ3n) is 5.54. The highest BCUT2D eigenvalue weighted by Crippen LogP contribution is 2.27. The van der Waals surface area contributed by atoms with Crippen molar-refractivity contribution in [2.24, 2.45) is 5.10 Å². The Morgan fingerprint density at radius 1 is 0.844 bits per heavy atom. The highest BCUT2D eigenvalue weighted by molar-refractivity contribution is 8.15. The van der Waals surface area contributed by atoms with Crippen LogP contribution in [0, 0.1) is 0 Å². The molecule has 4 aromatic carbocycles. The first-order chi connectivity index (χ1) is 15.8. The monoisotopic (exact) mass is 437 g/mol. The summed E-state index contributed by atoms with van der Waals surface area (Å²) >= 11 is 1.47. The average molecular weight is 438 g/mol. The molecule has 158 valence electrons. The maximum Gasteiger partial charge on any atom is 0.237 e. The summed E-state index contributed by atoms with van der Waals surface area (Å²) in [7, 11) is 0. The number of hydrogen-bond donors (Lipinski definition) is 1. The van der Waals surface area contributed by atoms with Crippen molar-refractivity contribution in [3.05, 3.63) is 114 Å². The third-order valence-corrected chi connectivity index (χ3v) is 6.53. The van der Waals surface area contributed by atoms with Crippen LogP contribution < -0.4 is 10.3 Å². The van der Waals surface area contributed by atoms with Gasteiger partial charge in [-0.2, -0.15) is 5.10 Å². The van der Waals surface area contributed by atoms with E-state index in [4.69, 9.17) is 0 Å². The van der Waals surface area contributed by atoms with Gasteiger partial charge in [0.1, 0.15) is 5.04 Å².